The number of morpholine rings is 1. The molecule has 0 unspecified atom stereocenters. The van der Waals surface area contributed by atoms with Gasteiger partial charge in [0.15, 0.2) is 0 Å². The number of nitrogens with one attached hydrogen (secondary N) is 1. The summed E-state index contributed by atoms with van der Waals surface area (Å²) in [7, 11) is 1.74. The summed E-state index contributed by atoms with van der Waals surface area (Å²) in [6, 6.07) is 20.0. The van der Waals surface area contributed by atoms with Gasteiger partial charge in [-0.1, -0.05) is 35.3 Å². The van der Waals surface area contributed by atoms with Gasteiger partial charge in [-0.2, -0.15) is 0 Å². The molecule has 10 nitrogen and oxygen atoms in total. The standard InChI is InChI=1S/C30H27Cl2N3O4.C7H15NO2/c31-20-3-8-23(9-4-20)39-30(37)35-16-13-25-26-17-21(32)5-10-27(26)33-28(25)29(35)19-1-6-22(7-2-19)38-24-11-14-34(18-36)15-12-24;1-9-5-2-8-3-6-10-7-4-8/h1-10,17-18,24,29,33H,11-16H2;2-7H2,1H3/t29-;/m0./s1. The Morgan fingerprint density at radius 1 is 0.918 bits per heavy atom. The fraction of sp³-hybridized carbons (Fsp3) is 0.405. The number of likely N-dealkylation sites (tertiary alicyclic amines) is 1. The van der Waals surface area contributed by atoms with E-state index < -0.39 is 6.09 Å². The Hall–Kier alpha value is -3.80. The van der Waals surface area contributed by atoms with E-state index in [1.54, 1.807) is 41.2 Å². The van der Waals surface area contributed by atoms with Crippen LogP contribution in [0.3, 0.4) is 0 Å². The minimum Gasteiger partial charge on any atom is -0.490 e. The molecule has 2 saturated heterocycles. The van der Waals surface area contributed by atoms with E-state index in [0.29, 0.717) is 41.8 Å². The van der Waals surface area contributed by atoms with Crippen molar-refractivity contribution in [3.8, 4) is 11.5 Å². The number of H-pyrrole nitrogens is 1. The van der Waals surface area contributed by atoms with Gasteiger partial charge in [0.1, 0.15) is 23.6 Å². The van der Waals surface area contributed by atoms with E-state index in [-0.39, 0.29) is 12.1 Å². The van der Waals surface area contributed by atoms with E-state index >= 15 is 0 Å². The van der Waals surface area contributed by atoms with Crippen LogP contribution < -0.4 is 9.47 Å². The first-order chi connectivity index (χ1) is 23.9. The van der Waals surface area contributed by atoms with Gasteiger partial charge < -0.3 is 28.8 Å². The minimum atomic E-state index is -0.438. The first kappa shape index (κ1) is 35.0. The highest BCUT2D eigenvalue weighted by Crippen LogP contribution is 2.40. The second-order valence-corrected chi connectivity index (χ2v) is 13.2. The normalized spacial score (nSPS) is 18.4. The third-order valence-electron chi connectivity index (χ3n) is 9.18. The molecule has 1 N–H and O–H groups in total. The summed E-state index contributed by atoms with van der Waals surface area (Å²) in [4.78, 5) is 33.9. The number of hydrogen-bond donors (Lipinski definition) is 1. The zero-order valence-electron chi connectivity index (χ0n) is 27.6. The van der Waals surface area contributed by atoms with E-state index in [1.165, 1.54) is 0 Å². The number of aromatic nitrogens is 1. The first-order valence-electron chi connectivity index (χ1n) is 16.7. The predicted octanol–water partition coefficient (Wildman–Crippen LogP) is 6.59. The van der Waals surface area contributed by atoms with E-state index in [9.17, 15) is 9.59 Å². The lowest BCUT2D eigenvalue weighted by molar-refractivity contribution is -0.119. The Labute approximate surface area is 296 Å². The van der Waals surface area contributed by atoms with Crippen molar-refractivity contribution in [3.63, 3.8) is 0 Å². The van der Waals surface area contributed by atoms with Crippen LogP contribution >= 0.6 is 23.2 Å². The summed E-state index contributed by atoms with van der Waals surface area (Å²) < 4.78 is 22.1. The van der Waals surface area contributed by atoms with Crippen LogP contribution in [0, 0.1) is 0 Å². The lowest BCUT2D eigenvalue weighted by Crippen LogP contribution is -2.42. The third kappa shape index (κ3) is 8.87. The molecule has 3 aromatic carbocycles. The zero-order valence-corrected chi connectivity index (χ0v) is 29.1. The predicted molar refractivity (Wildman–Crippen MR) is 190 cm³/mol. The molecule has 2 fully saturated rings. The van der Waals surface area contributed by atoms with Gasteiger partial charge in [-0.25, -0.2) is 4.79 Å². The number of methoxy groups -OCH3 is 1. The summed E-state index contributed by atoms with van der Waals surface area (Å²) in [5.41, 5.74) is 4.01. The SMILES string of the molecule is COCCN1CCOCC1.O=CN1CCC(Oc2ccc([C@H]3c4[nH]c5ccc(Cl)cc5c4CCN3C(=O)Oc3ccc(Cl)cc3)cc2)CC1. The first-order valence-corrected chi connectivity index (χ1v) is 17.5. The zero-order chi connectivity index (χ0) is 34.2. The van der Waals surface area contributed by atoms with Gasteiger partial charge in [0.2, 0.25) is 6.41 Å². The fourth-order valence-corrected chi connectivity index (χ4v) is 6.83. The van der Waals surface area contributed by atoms with Crippen LogP contribution in [0.4, 0.5) is 4.79 Å². The summed E-state index contributed by atoms with van der Waals surface area (Å²) in [5.74, 6) is 1.19. The van der Waals surface area contributed by atoms with E-state index in [4.69, 9.17) is 42.1 Å². The van der Waals surface area contributed by atoms with Gasteiger partial charge in [0.25, 0.3) is 0 Å². The molecule has 260 valence electrons. The van der Waals surface area contributed by atoms with Crippen LogP contribution in [0.5, 0.6) is 11.5 Å². The molecule has 0 aliphatic carbocycles. The van der Waals surface area contributed by atoms with Crippen LogP contribution in [0.2, 0.25) is 10.0 Å². The molecule has 1 aromatic heterocycles. The van der Waals surface area contributed by atoms with Crippen LogP contribution in [0.1, 0.15) is 35.7 Å². The molecule has 0 saturated carbocycles. The van der Waals surface area contributed by atoms with Gasteiger partial charge in [-0.15, -0.1) is 0 Å². The number of halogens is 2. The molecule has 12 heteroatoms. The number of piperidine rings is 1. The number of hydrogen-bond acceptors (Lipinski definition) is 7. The van der Waals surface area contributed by atoms with Crippen LogP contribution in [-0.4, -0.2) is 104 Å². The Morgan fingerprint density at radius 3 is 2.31 bits per heavy atom. The van der Waals surface area contributed by atoms with Crippen molar-refractivity contribution in [3.05, 3.63) is 93.6 Å². The van der Waals surface area contributed by atoms with Gasteiger partial charge in [-0.05, 0) is 72.1 Å². The quantitative estimate of drug-likeness (QED) is 0.207. The number of carbonyl (C=O) groups is 2. The van der Waals surface area contributed by atoms with Gasteiger partial charge >= 0.3 is 6.09 Å². The third-order valence-corrected chi connectivity index (χ3v) is 9.67. The molecule has 1 atom stereocenters. The summed E-state index contributed by atoms with van der Waals surface area (Å²) >= 11 is 12.3. The molecule has 4 heterocycles. The van der Waals surface area contributed by atoms with Crippen molar-refractivity contribution in [2.24, 2.45) is 0 Å². The number of amides is 2. The monoisotopic (exact) mass is 708 g/mol. The molecule has 3 aliphatic rings. The molecule has 0 bridgehead atoms. The van der Waals surface area contributed by atoms with Crippen LogP contribution in [0.15, 0.2) is 66.7 Å². The summed E-state index contributed by atoms with van der Waals surface area (Å²) in [6.45, 7) is 7.63. The number of rotatable bonds is 8. The van der Waals surface area contributed by atoms with Crippen molar-refractivity contribution in [1.29, 1.82) is 0 Å². The maximum absolute atomic E-state index is 13.5. The van der Waals surface area contributed by atoms with Crippen molar-refractivity contribution >= 4 is 46.6 Å². The van der Waals surface area contributed by atoms with Crippen molar-refractivity contribution < 1.29 is 28.5 Å². The Morgan fingerprint density at radius 2 is 1.61 bits per heavy atom. The molecule has 49 heavy (non-hydrogen) atoms. The lowest BCUT2D eigenvalue weighted by Gasteiger charge is -2.35. The van der Waals surface area contributed by atoms with E-state index in [2.05, 4.69) is 9.88 Å². The second kappa shape index (κ2) is 16.7. The fourth-order valence-electron chi connectivity index (χ4n) is 6.53. The van der Waals surface area contributed by atoms with Crippen molar-refractivity contribution in [2.45, 2.75) is 31.4 Å². The Balaban J connectivity index is 0.000000359. The number of carbonyl (C=O) groups excluding carboxylic acids is 2. The average Bonchev–Trinajstić information content (AvgIpc) is 3.50. The smallest absolute Gasteiger partial charge is 0.416 e. The number of ether oxygens (including phenoxy) is 4. The molecular formula is C37H42Cl2N4O6. The van der Waals surface area contributed by atoms with Gasteiger partial charge in [0.05, 0.1) is 19.8 Å². The Bertz CT molecular complexity index is 1690. The van der Waals surface area contributed by atoms with Gasteiger partial charge in [0, 0.05) is 85.9 Å². The summed E-state index contributed by atoms with van der Waals surface area (Å²) in [5, 5.41) is 2.31. The topological polar surface area (TPSA) is 96.6 Å². The highest BCUT2D eigenvalue weighted by atomic mass is 35.5. The van der Waals surface area contributed by atoms with Crippen LogP contribution in [0.25, 0.3) is 10.9 Å². The maximum Gasteiger partial charge on any atom is 0.416 e. The molecule has 3 aliphatic heterocycles. The summed E-state index contributed by atoms with van der Waals surface area (Å²) in [6.07, 6.45) is 2.79. The minimum absolute atomic E-state index is 0.0673. The van der Waals surface area contributed by atoms with Crippen molar-refractivity contribution in [1.82, 2.24) is 19.7 Å². The largest absolute Gasteiger partial charge is 0.490 e. The van der Waals surface area contributed by atoms with E-state index in [1.807, 2.05) is 42.5 Å². The molecular weight excluding hydrogens is 667 g/mol. The number of fused-ring (bicyclic) bond motifs is 3. The Kier molecular flexibility index (Phi) is 12.0. The maximum atomic E-state index is 13.5. The van der Waals surface area contributed by atoms with E-state index in [0.717, 1.165) is 92.2 Å². The lowest BCUT2D eigenvalue weighted by atomic mass is 9.92. The molecule has 0 spiro atoms. The highest BCUT2D eigenvalue weighted by Gasteiger charge is 2.36. The second-order valence-electron chi connectivity index (χ2n) is 12.3. The number of aromatic amines is 1. The number of nitrogens with zero attached hydrogens (tertiary/aromatic N) is 3. The van der Waals surface area contributed by atoms with Crippen molar-refractivity contribution in [2.75, 3.05) is 66.2 Å². The van der Waals surface area contributed by atoms with Gasteiger partial charge in [-0.3, -0.25) is 14.6 Å². The molecule has 4 aromatic rings. The average molecular weight is 710 g/mol. The van der Waals surface area contributed by atoms with Crippen LogP contribution in [-0.2, 0) is 20.7 Å². The molecule has 0 radical (unpaired) electrons. The highest BCUT2D eigenvalue weighted by molar-refractivity contribution is 6.31. The molecule has 7 rings (SSSR count). The molecule has 2 amide bonds. The number of benzene rings is 3.